The number of halogens is 2. The quantitative estimate of drug-likeness (QED) is 0.255. The molecule has 1 heterocycles. The van der Waals surface area contributed by atoms with Crippen LogP contribution in [0.3, 0.4) is 0 Å². The Bertz CT molecular complexity index is 794. The molecule has 146 valence electrons. The fourth-order valence-electron chi connectivity index (χ4n) is 2.20. The number of carbonyl (C=O) groups excluding carboxylic acids is 3. The number of hydrogen-bond acceptors (Lipinski definition) is 6. The molecule has 27 heavy (non-hydrogen) atoms. The maximum atomic E-state index is 12.6. The molecular weight excluding hydrogens is 596 g/mol. The van der Waals surface area contributed by atoms with E-state index in [9.17, 15) is 14.4 Å². The van der Waals surface area contributed by atoms with Crippen LogP contribution in [0.2, 0.25) is 0 Å². The number of rotatable bonds is 7. The van der Waals surface area contributed by atoms with E-state index in [0.717, 1.165) is 29.4 Å². The lowest BCUT2D eigenvalue weighted by atomic mass is 10.2. The molecule has 2 rings (SSSR count). The van der Waals surface area contributed by atoms with E-state index in [-0.39, 0.29) is 24.0 Å². The number of ether oxygens (including phenoxy) is 2. The van der Waals surface area contributed by atoms with Crippen LogP contribution in [-0.4, -0.2) is 41.8 Å². The van der Waals surface area contributed by atoms with E-state index in [1.807, 2.05) is 32.9 Å². The average Bonchev–Trinajstić information content (AvgIpc) is 2.83. The molecule has 1 aromatic carbocycles. The number of esters is 1. The Kier molecular flexibility index (Phi) is 8.40. The Hall–Kier alpha value is -0.820. The van der Waals surface area contributed by atoms with Crippen LogP contribution in [0.1, 0.15) is 26.3 Å². The van der Waals surface area contributed by atoms with E-state index in [1.54, 1.807) is 6.08 Å². The van der Waals surface area contributed by atoms with Crippen molar-refractivity contribution in [1.82, 2.24) is 4.90 Å². The van der Waals surface area contributed by atoms with Crippen molar-refractivity contribution in [3.8, 4) is 5.75 Å². The normalized spacial score (nSPS) is 15.8. The van der Waals surface area contributed by atoms with Gasteiger partial charge in [0.25, 0.3) is 11.1 Å². The molecule has 0 aromatic heterocycles. The zero-order valence-corrected chi connectivity index (χ0v) is 20.2. The van der Waals surface area contributed by atoms with Crippen LogP contribution in [0.25, 0.3) is 6.08 Å². The number of thioether (sulfide) groups is 1. The minimum absolute atomic E-state index is 0.184. The summed E-state index contributed by atoms with van der Waals surface area (Å²) in [7, 11) is 0. The highest BCUT2D eigenvalue weighted by molar-refractivity contribution is 14.1. The summed E-state index contributed by atoms with van der Waals surface area (Å²) in [5, 5.41) is -0.481. The van der Waals surface area contributed by atoms with E-state index in [1.165, 1.54) is 0 Å². The number of amides is 2. The zero-order valence-electron chi connectivity index (χ0n) is 15.1. The lowest BCUT2D eigenvalue weighted by Crippen LogP contribution is -2.34. The van der Waals surface area contributed by atoms with Gasteiger partial charge in [-0.15, -0.1) is 0 Å². The Morgan fingerprint density at radius 3 is 2.63 bits per heavy atom. The summed E-state index contributed by atoms with van der Waals surface area (Å²) < 4.78 is 12.7. The van der Waals surface area contributed by atoms with Crippen LogP contribution in [-0.2, 0) is 14.3 Å². The molecule has 0 aliphatic carbocycles. The Morgan fingerprint density at radius 1 is 1.30 bits per heavy atom. The van der Waals surface area contributed by atoms with Crippen LogP contribution < -0.4 is 4.74 Å². The molecule has 0 radical (unpaired) electrons. The number of imide groups is 1. The van der Waals surface area contributed by atoms with Gasteiger partial charge in [-0.2, -0.15) is 0 Å². The van der Waals surface area contributed by atoms with Crippen LogP contribution >= 0.6 is 56.9 Å². The fraction of sp³-hybridized carbons (Fsp3) is 0.389. The van der Waals surface area contributed by atoms with Crippen molar-refractivity contribution in [2.75, 3.05) is 19.8 Å². The van der Waals surface area contributed by atoms with Gasteiger partial charge in [-0.05, 0) is 88.0 Å². The standard InChI is InChI=1S/C18H19I2NO5S/c1-4-25-16-11(5-12(19)7-13(16)20)6-14-17(23)21(18(24)27-14)8-15(22)26-9-10(2)3/h5-7,10H,4,8-9H2,1-3H3/b14-6+. The molecule has 0 atom stereocenters. The number of nitrogens with zero attached hydrogens (tertiary/aromatic N) is 1. The highest BCUT2D eigenvalue weighted by Crippen LogP contribution is 2.36. The van der Waals surface area contributed by atoms with Crippen molar-refractivity contribution in [1.29, 1.82) is 0 Å². The van der Waals surface area contributed by atoms with Crippen LogP contribution in [0.15, 0.2) is 17.0 Å². The van der Waals surface area contributed by atoms with E-state index in [0.29, 0.717) is 12.4 Å². The molecule has 1 fully saturated rings. The van der Waals surface area contributed by atoms with Gasteiger partial charge in [0.15, 0.2) is 0 Å². The van der Waals surface area contributed by atoms with Crippen molar-refractivity contribution in [2.45, 2.75) is 20.8 Å². The molecule has 1 aliphatic heterocycles. The van der Waals surface area contributed by atoms with Gasteiger partial charge in [-0.25, -0.2) is 0 Å². The highest BCUT2D eigenvalue weighted by atomic mass is 127. The Morgan fingerprint density at radius 2 is 2.00 bits per heavy atom. The summed E-state index contributed by atoms with van der Waals surface area (Å²) in [6, 6.07) is 3.86. The Balaban J connectivity index is 2.22. The van der Waals surface area contributed by atoms with Crippen molar-refractivity contribution in [2.24, 2.45) is 5.92 Å². The second kappa shape index (κ2) is 10.1. The maximum Gasteiger partial charge on any atom is 0.326 e. The third-order valence-electron chi connectivity index (χ3n) is 3.35. The first-order chi connectivity index (χ1) is 12.7. The molecule has 0 unspecified atom stereocenters. The molecular formula is C18H19I2NO5S. The maximum absolute atomic E-state index is 12.6. The van der Waals surface area contributed by atoms with Gasteiger partial charge >= 0.3 is 5.97 Å². The first kappa shape index (κ1) is 22.5. The fourth-order valence-corrected chi connectivity index (χ4v) is 5.07. The molecule has 1 aliphatic rings. The predicted octanol–water partition coefficient (Wildman–Crippen LogP) is 4.53. The van der Waals surface area contributed by atoms with E-state index >= 15 is 0 Å². The SMILES string of the molecule is CCOc1c(I)cc(I)cc1/C=C1/SC(=O)N(CC(=O)OCC(C)C)C1=O. The molecule has 1 aromatic rings. The summed E-state index contributed by atoms with van der Waals surface area (Å²) in [6.45, 7) is 6.07. The van der Waals surface area contributed by atoms with E-state index in [4.69, 9.17) is 9.47 Å². The van der Waals surface area contributed by atoms with Gasteiger partial charge in [0.05, 0.1) is 21.7 Å². The molecule has 9 heteroatoms. The highest BCUT2D eigenvalue weighted by Gasteiger charge is 2.37. The molecule has 0 saturated carbocycles. The second-order valence-corrected chi connectivity index (χ2v) is 9.48. The summed E-state index contributed by atoms with van der Waals surface area (Å²) in [5.74, 6) is -0.237. The summed E-state index contributed by atoms with van der Waals surface area (Å²) in [4.78, 5) is 37.8. The van der Waals surface area contributed by atoms with Crippen molar-refractivity contribution in [3.05, 3.63) is 29.7 Å². The number of carbonyl (C=O) groups is 3. The molecule has 0 bridgehead atoms. The van der Waals surface area contributed by atoms with Crippen molar-refractivity contribution < 1.29 is 23.9 Å². The lowest BCUT2D eigenvalue weighted by molar-refractivity contribution is -0.147. The summed E-state index contributed by atoms with van der Waals surface area (Å²) in [5.41, 5.74) is 0.723. The van der Waals surface area contributed by atoms with E-state index < -0.39 is 17.1 Å². The van der Waals surface area contributed by atoms with Gasteiger partial charge in [0.1, 0.15) is 12.3 Å². The Labute approximate surface area is 189 Å². The smallest absolute Gasteiger partial charge is 0.326 e. The molecule has 1 saturated heterocycles. The molecule has 0 spiro atoms. The largest absolute Gasteiger partial charge is 0.492 e. The summed E-state index contributed by atoms with van der Waals surface area (Å²) in [6.07, 6.45) is 1.64. The molecule has 0 N–H and O–H groups in total. The number of benzene rings is 1. The third-order valence-corrected chi connectivity index (χ3v) is 5.68. The van der Waals surface area contributed by atoms with Gasteiger partial charge in [-0.1, -0.05) is 13.8 Å². The van der Waals surface area contributed by atoms with Crippen molar-refractivity contribution in [3.63, 3.8) is 0 Å². The minimum atomic E-state index is -0.592. The monoisotopic (exact) mass is 615 g/mol. The average molecular weight is 615 g/mol. The van der Waals surface area contributed by atoms with Crippen LogP contribution in [0.4, 0.5) is 4.79 Å². The minimum Gasteiger partial charge on any atom is -0.492 e. The van der Waals surface area contributed by atoms with Gasteiger partial charge < -0.3 is 9.47 Å². The van der Waals surface area contributed by atoms with Crippen molar-refractivity contribution >= 4 is 80.1 Å². The first-order valence-electron chi connectivity index (χ1n) is 8.25. The van der Waals surface area contributed by atoms with Gasteiger partial charge in [0.2, 0.25) is 0 Å². The molecule has 6 nitrogen and oxygen atoms in total. The summed E-state index contributed by atoms with van der Waals surface area (Å²) >= 11 is 5.17. The van der Waals surface area contributed by atoms with Gasteiger partial charge in [-0.3, -0.25) is 19.3 Å². The number of hydrogen-bond donors (Lipinski definition) is 0. The van der Waals surface area contributed by atoms with E-state index in [2.05, 4.69) is 45.2 Å². The van der Waals surface area contributed by atoms with Crippen LogP contribution in [0.5, 0.6) is 5.75 Å². The van der Waals surface area contributed by atoms with Crippen LogP contribution in [0, 0.1) is 13.1 Å². The van der Waals surface area contributed by atoms with Gasteiger partial charge in [0, 0.05) is 9.13 Å². The second-order valence-electron chi connectivity index (χ2n) is 6.08. The third kappa shape index (κ3) is 6.08. The predicted molar refractivity (Wildman–Crippen MR) is 122 cm³/mol. The topological polar surface area (TPSA) is 72.9 Å². The molecule has 2 amide bonds. The first-order valence-corrected chi connectivity index (χ1v) is 11.2. The zero-order chi connectivity index (χ0) is 20.1. The lowest BCUT2D eigenvalue weighted by Gasteiger charge is -2.13.